The van der Waals surface area contributed by atoms with Crippen molar-refractivity contribution in [3.63, 3.8) is 0 Å². The molecule has 3 rings (SSSR count). The van der Waals surface area contributed by atoms with Crippen LogP contribution in [0.2, 0.25) is 0 Å². The van der Waals surface area contributed by atoms with Crippen molar-refractivity contribution in [1.82, 2.24) is 9.55 Å². The fourth-order valence-electron chi connectivity index (χ4n) is 2.75. The maximum atomic E-state index is 12.2. The summed E-state index contributed by atoms with van der Waals surface area (Å²) in [6.07, 6.45) is 3.76. The molecule has 0 unspecified atom stereocenters. The first-order valence-corrected chi connectivity index (χ1v) is 9.59. The van der Waals surface area contributed by atoms with Crippen LogP contribution in [0.3, 0.4) is 0 Å². The molecule has 1 aromatic carbocycles. The Morgan fingerprint density at radius 3 is 2.68 bits per heavy atom. The highest BCUT2D eigenvalue weighted by atomic mass is 32.1. The highest BCUT2D eigenvalue weighted by Crippen LogP contribution is 2.23. The molecule has 0 saturated heterocycles. The number of aromatic nitrogens is 2. The van der Waals surface area contributed by atoms with Crippen molar-refractivity contribution >= 4 is 28.2 Å². The zero-order chi connectivity index (χ0) is 20.1. The van der Waals surface area contributed by atoms with Gasteiger partial charge in [0.25, 0.3) is 5.69 Å². The topological polar surface area (TPSA) is 99.3 Å². The molecular weight excluding hydrogens is 380 g/mol. The number of carbonyl (C=O) groups is 1. The predicted molar refractivity (Wildman–Crippen MR) is 107 cm³/mol. The first kappa shape index (κ1) is 19.6. The standard InChI is InChI=1S/C19H20N4O4S/c1-13(2)9-15-10-17(27-19(24)21-18-20-7-8-28-18)22(12-15)11-14-3-5-16(6-4-14)23(25)26/h3-8,10,12-13H,9,11H2,1-2H3,(H,20,21,24). The Labute approximate surface area is 165 Å². The number of nitro benzene ring substituents is 1. The quantitative estimate of drug-likeness (QED) is 0.457. The van der Waals surface area contributed by atoms with Crippen LogP contribution in [-0.2, 0) is 13.0 Å². The summed E-state index contributed by atoms with van der Waals surface area (Å²) in [4.78, 5) is 26.6. The second kappa shape index (κ2) is 8.66. The summed E-state index contributed by atoms with van der Waals surface area (Å²) in [5, 5.41) is 15.6. The summed E-state index contributed by atoms with van der Waals surface area (Å²) in [5.74, 6) is 0.857. The lowest BCUT2D eigenvalue weighted by Crippen LogP contribution is -2.18. The predicted octanol–water partition coefficient (Wildman–Crippen LogP) is 4.71. The molecule has 0 saturated carbocycles. The van der Waals surface area contributed by atoms with Gasteiger partial charge in [0.05, 0.1) is 11.5 Å². The Kier molecular flexibility index (Phi) is 6.05. The maximum Gasteiger partial charge on any atom is 0.420 e. The zero-order valence-corrected chi connectivity index (χ0v) is 16.3. The van der Waals surface area contributed by atoms with E-state index < -0.39 is 11.0 Å². The molecule has 1 N–H and O–H groups in total. The molecule has 8 nitrogen and oxygen atoms in total. The smallest absolute Gasteiger partial charge is 0.393 e. The second-order valence-corrected chi connectivity index (χ2v) is 7.58. The van der Waals surface area contributed by atoms with Crippen molar-refractivity contribution in [3.8, 4) is 5.88 Å². The zero-order valence-electron chi connectivity index (χ0n) is 15.5. The molecule has 28 heavy (non-hydrogen) atoms. The first-order valence-electron chi connectivity index (χ1n) is 8.71. The SMILES string of the molecule is CC(C)Cc1cc(OC(=O)Nc2nccs2)n(Cc2ccc([N+](=O)[O-])cc2)c1. The minimum Gasteiger partial charge on any atom is -0.393 e. The van der Waals surface area contributed by atoms with Gasteiger partial charge >= 0.3 is 6.09 Å². The number of ether oxygens (including phenoxy) is 1. The van der Waals surface area contributed by atoms with Crippen LogP contribution in [0.15, 0.2) is 48.1 Å². The summed E-state index contributed by atoms with van der Waals surface area (Å²) in [6, 6.07) is 8.15. The van der Waals surface area contributed by atoms with Gasteiger partial charge in [-0.05, 0) is 23.5 Å². The summed E-state index contributed by atoms with van der Waals surface area (Å²) in [7, 11) is 0. The van der Waals surface area contributed by atoms with Crippen molar-refractivity contribution in [1.29, 1.82) is 0 Å². The Morgan fingerprint density at radius 1 is 1.32 bits per heavy atom. The molecule has 0 radical (unpaired) electrons. The number of carbonyl (C=O) groups excluding carboxylic acids is 1. The summed E-state index contributed by atoms with van der Waals surface area (Å²) in [6.45, 7) is 4.66. The molecule has 2 aromatic heterocycles. The van der Waals surface area contributed by atoms with Crippen molar-refractivity contribution in [2.45, 2.75) is 26.8 Å². The Balaban J connectivity index is 1.78. The second-order valence-electron chi connectivity index (χ2n) is 6.69. The van der Waals surface area contributed by atoms with Crippen LogP contribution in [0.25, 0.3) is 0 Å². The van der Waals surface area contributed by atoms with Crippen molar-refractivity contribution < 1.29 is 14.5 Å². The van der Waals surface area contributed by atoms with Crippen molar-refractivity contribution in [3.05, 3.63) is 69.3 Å². The van der Waals surface area contributed by atoms with Crippen LogP contribution in [0.5, 0.6) is 5.88 Å². The third kappa shape index (κ3) is 5.17. The molecule has 1 amide bonds. The van der Waals surface area contributed by atoms with Gasteiger partial charge in [-0.25, -0.2) is 9.78 Å². The van der Waals surface area contributed by atoms with Crippen LogP contribution >= 0.6 is 11.3 Å². The van der Waals surface area contributed by atoms with Gasteiger partial charge in [0, 0.05) is 36.0 Å². The Hall–Kier alpha value is -3.20. The third-order valence-electron chi connectivity index (χ3n) is 3.90. The Bertz CT molecular complexity index is 949. The van der Waals surface area contributed by atoms with Crippen LogP contribution in [0.1, 0.15) is 25.0 Å². The minimum absolute atomic E-state index is 0.0380. The van der Waals surface area contributed by atoms with Gasteiger partial charge in [-0.2, -0.15) is 0 Å². The van der Waals surface area contributed by atoms with Crippen molar-refractivity contribution in [2.24, 2.45) is 5.92 Å². The number of non-ortho nitro benzene ring substituents is 1. The number of hydrogen-bond donors (Lipinski definition) is 1. The monoisotopic (exact) mass is 400 g/mol. The largest absolute Gasteiger partial charge is 0.420 e. The number of nitro groups is 1. The van der Waals surface area contributed by atoms with E-state index in [1.807, 2.05) is 16.8 Å². The molecule has 0 bridgehead atoms. The molecule has 3 aromatic rings. The molecule has 9 heteroatoms. The summed E-state index contributed by atoms with van der Waals surface area (Å²) in [5.41, 5.74) is 1.95. The number of rotatable bonds is 7. The van der Waals surface area contributed by atoms with Crippen LogP contribution in [0, 0.1) is 16.0 Å². The summed E-state index contributed by atoms with van der Waals surface area (Å²) >= 11 is 1.30. The normalized spacial score (nSPS) is 10.8. The molecule has 0 aliphatic heterocycles. The van der Waals surface area contributed by atoms with Gasteiger partial charge < -0.3 is 9.30 Å². The van der Waals surface area contributed by atoms with Gasteiger partial charge in [-0.1, -0.05) is 26.0 Å². The fourth-order valence-corrected chi connectivity index (χ4v) is 3.26. The van der Waals surface area contributed by atoms with Crippen LogP contribution < -0.4 is 10.1 Å². The van der Waals surface area contributed by atoms with E-state index in [0.29, 0.717) is 23.5 Å². The summed E-state index contributed by atoms with van der Waals surface area (Å²) < 4.78 is 7.31. The van der Waals surface area contributed by atoms with E-state index in [-0.39, 0.29) is 5.69 Å². The third-order valence-corrected chi connectivity index (χ3v) is 4.58. The molecule has 2 heterocycles. The number of amides is 1. The first-order chi connectivity index (χ1) is 13.4. The molecule has 146 valence electrons. The Morgan fingerprint density at radius 2 is 2.07 bits per heavy atom. The average Bonchev–Trinajstić information content (AvgIpc) is 3.25. The highest BCUT2D eigenvalue weighted by molar-refractivity contribution is 7.13. The number of thiazole rings is 1. The number of anilines is 1. The molecule has 0 aliphatic carbocycles. The lowest BCUT2D eigenvalue weighted by atomic mass is 10.1. The van der Waals surface area contributed by atoms with Gasteiger partial charge in [-0.3, -0.25) is 15.4 Å². The number of benzene rings is 1. The van der Waals surface area contributed by atoms with E-state index in [1.54, 1.807) is 23.7 Å². The molecule has 0 atom stereocenters. The van der Waals surface area contributed by atoms with Gasteiger partial charge in [0.15, 0.2) is 5.13 Å². The van der Waals surface area contributed by atoms with Gasteiger partial charge in [0.1, 0.15) is 0 Å². The fraction of sp³-hybridized carbons (Fsp3) is 0.263. The van der Waals surface area contributed by atoms with Crippen molar-refractivity contribution in [2.75, 3.05) is 5.32 Å². The number of hydrogen-bond acceptors (Lipinski definition) is 6. The molecule has 0 spiro atoms. The van der Waals surface area contributed by atoms with Gasteiger partial charge in [0.2, 0.25) is 5.88 Å². The van der Waals surface area contributed by atoms with Crippen LogP contribution in [-0.4, -0.2) is 20.6 Å². The number of nitrogens with one attached hydrogen (secondary N) is 1. The van der Waals surface area contributed by atoms with E-state index in [1.165, 1.54) is 23.5 Å². The van der Waals surface area contributed by atoms with Crippen LogP contribution in [0.4, 0.5) is 15.6 Å². The van der Waals surface area contributed by atoms with E-state index in [2.05, 4.69) is 24.1 Å². The lowest BCUT2D eigenvalue weighted by Gasteiger charge is -2.09. The van der Waals surface area contributed by atoms with E-state index in [4.69, 9.17) is 4.74 Å². The maximum absolute atomic E-state index is 12.2. The lowest BCUT2D eigenvalue weighted by molar-refractivity contribution is -0.384. The molecular formula is C19H20N4O4S. The highest BCUT2D eigenvalue weighted by Gasteiger charge is 2.14. The molecule has 0 aliphatic rings. The van der Waals surface area contributed by atoms with E-state index in [0.717, 1.165) is 17.5 Å². The average molecular weight is 400 g/mol. The van der Waals surface area contributed by atoms with Gasteiger partial charge in [-0.15, -0.1) is 11.3 Å². The van der Waals surface area contributed by atoms with E-state index >= 15 is 0 Å². The molecule has 0 fully saturated rings. The van der Waals surface area contributed by atoms with E-state index in [9.17, 15) is 14.9 Å². The number of nitrogens with zero attached hydrogens (tertiary/aromatic N) is 3. The minimum atomic E-state index is -0.617.